The van der Waals surface area contributed by atoms with Gasteiger partial charge in [-0.15, -0.1) is 10.2 Å². The van der Waals surface area contributed by atoms with Crippen molar-refractivity contribution in [2.24, 2.45) is 0 Å². The first-order chi connectivity index (χ1) is 10.7. The van der Waals surface area contributed by atoms with Gasteiger partial charge < -0.3 is 0 Å². The quantitative estimate of drug-likeness (QED) is 0.518. The fourth-order valence-electron chi connectivity index (χ4n) is 2.32. The second kappa shape index (κ2) is 5.30. The molecule has 0 atom stereocenters. The Bertz CT molecular complexity index is 973. The molecule has 4 aromatic rings. The van der Waals surface area contributed by atoms with Crippen LogP contribution in [0.1, 0.15) is 5.56 Å². The van der Waals surface area contributed by atoms with Crippen molar-refractivity contribution >= 4 is 32.2 Å². The van der Waals surface area contributed by atoms with Gasteiger partial charge in [0.25, 0.3) is 0 Å². The lowest BCUT2D eigenvalue weighted by Gasteiger charge is -2.00. The molecule has 0 unspecified atom stereocenters. The molecule has 2 aromatic heterocycles. The van der Waals surface area contributed by atoms with E-state index in [0.717, 1.165) is 31.4 Å². The van der Waals surface area contributed by atoms with E-state index < -0.39 is 0 Å². The molecule has 108 valence electrons. The summed E-state index contributed by atoms with van der Waals surface area (Å²) in [4.78, 5) is 0.794. The van der Waals surface area contributed by atoms with Gasteiger partial charge in [0, 0.05) is 15.6 Å². The molecule has 0 saturated heterocycles. The lowest BCUT2D eigenvalue weighted by molar-refractivity contribution is 0.969. The molecule has 0 N–H and O–H groups in total. The van der Waals surface area contributed by atoms with E-state index in [1.165, 1.54) is 5.56 Å². The van der Waals surface area contributed by atoms with Gasteiger partial charge in [-0.2, -0.15) is 9.61 Å². The number of aromatic nitrogens is 4. The SMILES string of the molecule is Cc1cccc(-c2nn3c(-c4ccccc4Br)nnc3s2)c1. The molecule has 0 aliphatic carbocycles. The van der Waals surface area contributed by atoms with E-state index in [1.807, 2.05) is 34.8 Å². The van der Waals surface area contributed by atoms with Gasteiger partial charge in [-0.25, -0.2) is 0 Å². The van der Waals surface area contributed by atoms with Crippen molar-refractivity contribution in [2.75, 3.05) is 0 Å². The predicted molar refractivity (Wildman–Crippen MR) is 92.0 cm³/mol. The average Bonchev–Trinajstić information content (AvgIpc) is 3.08. The van der Waals surface area contributed by atoms with Crippen LogP contribution >= 0.6 is 27.3 Å². The zero-order valence-electron chi connectivity index (χ0n) is 11.7. The molecule has 0 fully saturated rings. The van der Waals surface area contributed by atoms with E-state index in [4.69, 9.17) is 5.10 Å². The molecular formula is C16H11BrN4S. The molecule has 0 amide bonds. The third-order valence-corrected chi connectivity index (χ3v) is 5.01. The van der Waals surface area contributed by atoms with Gasteiger partial charge in [0.1, 0.15) is 5.01 Å². The van der Waals surface area contributed by atoms with Crippen molar-refractivity contribution in [1.29, 1.82) is 0 Å². The number of hydrogen-bond acceptors (Lipinski definition) is 4. The number of halogens is 1. The minimum absolute atomic E-state index is 0.748. The summed E-state index contributed by atoms with van der Waals surface area (Å²) < 4.78 is 2.79. The molecule has 4 rings (SSSR count). The standard InChI is InChI=1S/C16H11BrN4S/c1-10-5-4-6-11(9-10)15-20-21-14(18-19-16(21)22-15)12-7-2-3-8-13(12)17/h2-9H,1H3. The normalized spacial score (nSPS) is 11.2. The van der Waals surface area contributed by atoms with E-state index in [-0.39, 0.29) is 0 Å². The van der Waals surface area contributed by atoms with E-state index in [2.05, 4.69) is 51.3 Å². The molecule has 2 heterocycles. The summed E-state index contributed by atoms with van der Waals surface area (Å²) in [5.41, 5.74) is 3.30. The smallest absolute Gasteiger partial charge is 0.182 e. The lowest BCUT2D eigenvalue weighted by atomic mass is 10.1. The van der Waals surface area contributed by atoms with Crippen LogP contribution in [0, 0.1) is 6.92 Å². The third kappa shape index (κ3) is 2.24. The van der Waals surface area contributed by atoms with Crippen LogP contribution < -0.4 is 0 Å². The minimum Gasteiger partial charge on any atom is -0.182 e. The highest BCUT2D eigenvalue weighted by Crippen LogP contribution is 2.31. The highest BCUT2D eigenvalue weighted by Gasteiger charge is 2.15. The van der Waals surface area contributed by atoms with E-state index >= 15 is 0 Å². The van der Waals surface area contributed by atoms with Crippen LogP contribution in [0.5, 0.6) is 0 Å². The topological polar surface area (TPSA) is 43.1 Å². The minimum atomic E-state index is 0.748. The van der Waals surface area contributed by atoms with Gasteiger partial charge in [0.15, 0.2) is 5.82 Å². The monoisotopic (exact) mass is 370 g/mol. The summed E-state index contributed by atoms with van der Waals surface area (Å²) in [6, 6.07) is 16.3. The number of aryl methyl sites for hydroxylation is 1. The fraction of sp³-hybridized carbons (Fsp3) is 0.0625. The Morgan fingerprint density at radius 1 is 1.05 bits per heavy atom. The predicted octanol–water partition coefficient (Wildman–Crippen LogP) is 4.59. The Balaban J connectivity index is 1.88. The first-order valence-electron chi connectivity index (χ1n) is 6.76. The Kier molecular flexibility index (Phi) is 3.28. The second-order valence-corrected chi connectivity index (χ2v) is 6.78. The van der Waals surface area contributed by atoms with Gasteiger partial charge in [0.2, 0.25) is 4.96 Å². The molecular weight excluding hydrogens is 360 g/mol. The zero-order valence-corrected chi connectivity index (χ0v) is 14.1. The van der Waals surface area contributed by atoms with Crippen LogP contribution in [0.25, 0.3) is 26.9 Å². The zero-order chi connectivity index (χ0) is 15.1. The van der Waals surface area contributed by atoms with Crippen molar-refractivity contribution < 1.29 is 0 Å². The molecule has 0 aliphatic heterocycles. The molecule has 0 saturated carbocycles. The second-order valence-electron chi connectivity index (χ2n) is 4.97. The molecule has 6 heteroatoms. The number of nitrogens with zero attached hydrogens (tertiary/aromatic N) is 4. The Labute approximate surface area is 139 Å². The van der Waals surface area contributed by atoms with Crippen LogP contribution in [0.3, 0.4) is 0 Å². The van der Waals surface area contributed by atoms with Gasteiger partial charge in [-0.05, 0) is 25.1 Å². The molecule has 0 bridgehead atoms. The Morgan fingerprint density at radius 3 is 2.73 bits per heavy atom. The van der Waals surface area contributed by atoms with Crippen molar-refractivity contribution in [1.82, 2.24) is 19.8 Å². The van der Waals surface area contributed by atoms with E-state index in [1.54, 1.807) is 11.3 Å². The molecule has 4 nitrogen and oxygen atoms in total. The van der Waals surface area contributed by atoms with Crippen LogP contribution in [-0.4, -0.2) is 19.8 Å². The number of rotatable bonds is 2. The summed E-state index contributed by atoms with van der Waals surface area (Å²) in [6.45, 7) is 2.08. The summed E-state index contributed by atoms with van der Waals surface area (Å²) in [6.07, 6.45) is 0. The van der Waals surface area contributed by atoms with Gasteiger partial charge in [0.05, 0.1) is 0 Å². The highest BCUT2D eigenvalue weighted by molar-refractivity contribution is 9.10. The van der Waals surface area contributed by atoms with Crippen LogP contribution in [0.2, 0.25) is 0 Å². The average molecular weight is 371 g/mol. The first kappa shape index (κ1) is 13.6. The highest BCUT2D eigenvalue weighted by atomic mass is 79.9. The van der Waals surface area contributed by atoms with Gasteiger partial charge >= 0.3 is 0 Å². The number of hydrogen-bond donors (Lipinski definition) is 0. The van der Waals surface area contributed by atoms with Crippen LogP contribution in [0.15, 0.2) is 53.0 Å². The molecule has 0 aliphatic rings. The van der Waals surface area contributed by atoms with Crippen molar-refractivity contribution in [3.05, 3.63) is 58.6 Å². The molecule has 0 radical (unpaired) electrons. The third-order valence-electron chi connectivity index (χ3n) is 3.37. The lowest BCUT2D eigenvalue weighted by Crippen LogP contribution is -1.91. The maximum absolute atomic E-state index is 4.69. The summed E-state index contributed by atoms with van der Waals surface area (Å²) in [7, 11) is 0. The Morgan fingerprint density at radius 2 is 1.91 bits per heavy atom. The van der Waals surface area contributed by atoms with Crippen molar-refractivity contribution in [3.63, 3.8) is 0 Å². The number of fused-ring (bicyclic) bond motifs is 1. The maximum Gasteiger partial charge on any atom is 0.235 e. The largest absolute Gasteiger partial charge is 0.235 e. The van der Waals surface area contributed by atoms with Crippen molar-refractivity contribution in [2.45, 2.75) is 6.92 Å². The molecule has 22 heavy (non-hydrogen) atoms. The van der Waals surface area contributed by atoms with Crippen molar-refractivity contribution in [3.8, 4) is 22.0 Å². The summed E-state index contributed by atoms with van der Waals surface area (Å²) in [5, 5.41) is 14.2. The summed E-state index contributed by atoms with van der Waals surface area (Å²) in [5.74, 6) is 0.748. The molecule has 2 aromatic carbocycles. The first-order valence-corrected chi connectivity index (χ1v) is 8.37. The van der Waals surface area contributed by atoms with Crippen LogP contribution in [0.4, 0.5) is 0 Å². The number of benzene rings is 2. The summed E-state index contributed by atoms with van der Waals surface area (Å²) >= 11 is 5.10. The van der Waals surface area contributed by atoms with Crippen LogP contribution in [-0.2, 0) is 0 Å². The fourth-order valence-corrected chi connectivity index (χ4v) is 3.62. The van der Waals surface area contributed by atoms with E-state index in [9.17, 15) is 0 Å². The van der Waals surface area contributed by atoms with Gasteiger partial charge in [-0.3, -0.25) is 0 Å². The maximum atomic E-state index is 4.69. The van der Waals surface area contributed by atoms with Gasteiger partial charge in [-0.1, -0.05) is 63.2 Å². The van der Waals surface area contributed by atoms with E-state index in [0.29, 0.717) is 0 Å². The molecule has 0 spiro atoms. The Hall–Kier alpha value is -2.05.